The molecular weight excluding hydrogens is 473 g/mol. The number of carbonyl (C=O) groups excluding carboxylic acids is 2. The van der Waals surface area contributed by atoms with Crippen molar-refractivity contribution in [3.05, 3.63) is 101 Å². The van der Waals surface area contributed by atoms with Crippen LogP contribution in [0.4, 0.5) is 24.5 Å². The van der Waals surface area contributed by atoms with E-state index >= 15 is 0 Å². The Morgan fingerprint density at radius 2 is 1.50 bits per heavy atom. The van der Waals surface area contributed by atoms with Crippen molar-refractivity contribution in [3.63, 3.8) is 0 Å². The van der Waals surface area contributed by atoms with Gasteiger partial charge in [0.2, 0.25) is 0 Å². The molecule has 4 aromatic rings. The van der Waals surface area contributed by atoms with Crippen LogP contribution in [0, 0.1) is 6.92 Å². The number of methoxy groups -OCH3 is 1. The van der Waals surface area contributed by atoms with Gasteiger partial charge in [0.05, 0.1) is 35.8 Å². The van der Waals surface area contributed by atoms with E-state index in [0.717, 1.165) is 12.1 Å². The third-order valence-corrected chi connectivity index (χ3v) is 5.43. The summed E-state index contributed by atoms with van der Waals surface area (Å²) >= 11 is 0. The van der Waals surface area contributed by atoms with Gasteiger partial charge in [-0.1, -0.05) is 6.07 Å². The molecular formula is C26H21F3N4O3. The molecule has 10 heteroatoms. The molecule has 0 unspecified atom stereocenters. The lowest BCUT2D eigenvalue weighted by Gasteiger charge is -2.10. The van der Waals surface area contributed by atoms with Gasteiger partial charge in [-0.2, -0.15) is 18.3 Å². The average Bonchev–Trinajstić information content (AvgIpc) is 3.26. The van der Waals surface area contributed by atoms with Crippen molar-refractivity contribution in [3.8, 4) is 11.4 Å². The fourth-order valence-electron chi connectivity index (χ4n) is 3.49. The summed E-state index contributed by atoms with van der Waals surface area (Å²) in [5, 5.41) is 9.57. The van der Waals surface area contributed by atoms with Gasteiger partial charge in [0, 0.05) is 16.9 Å². The molecule has 7 nitrogen and oxygen atoms in total. The summed E-state index contributed by atoms with van der Waals surface area (Å²) in [4.78, 5) is 25.3. The fraction of sp³-hybridized carbons (Fsp3) is 0.115. The third kappa shape index (κ3) is 5.38. The molecule has 184 valence electrons. The van der Waals surface area contributed by atoms with Crippen LogP contribution >= 0.6 is 0 Å². The van der Waals surface area contributed by atoms with E-state index in [4.69, 9.17) is 4.74 Å². The molecule has 0 aliphatic heterocycles. The van der Waals surface area contributed by atoms with Crippen LogP contribution in [-0.2, 0) is 6.18 Å². The number of nitrogens with zero attached hydrogens (tertiary/aromatic N) is 2. The van der Waals surface area contributed by atoms with Crippen LogP contribution in [0.1, 0.15) is 32.0 Å². The maximum absolute atomic E-state index is 13.1. The molecule has 0 atom stereocenters. The Balaban J connectivity index is 1.44. The summed E-state index contributed by atoms with van der Waals surface area (Å²) in [6, 6.07) is 17.9. The Hall–Kier alpha value is -4.60. The largest absolute Gasteiger partial charge is 0.497 e. The quantitative estimate of drug-likeness (QED) is 0.360. The lowest BCUT2D eigenvalue weighted by atomic mass is 10.1. The molecule has 0 bridgehead atoms. The summed E-state index contributed by atoms with van der Waals surface area (Å²) in [7, 11) is 1.55. The summed E-state index contributed by atoms with van der Waals surface area (Å²) < 4.78 is 45.5. The molecule has 2 N–H and O–H groups in total. The number of amides is 2. The number of rotatable bonds is 6. The zero-order valence-electron chi connectivity index (χ0n) is 19.3. The van der Waals surface area contributed by atoms with Crippen molar-refractivity contribution in [2.45, 2.75) is 13.1 Å². The lowest BCUT2D eigenvalue weighted by Crippen LogP contribution is -2.14. The fourth-order valence-corrected chi connectivity index (χ4v) is 3.49. The number of aromatic nitrogens is 2. The van der Waals surface area contributed by atoms with Gasteiger partial charge in [-0.3, -0.25) is 9.59 Å². The number of benzene rings is 3. The van der Waals surface area contributed by atoms with E-state index in [1.54, 1.807) is 62.6 Å². The summed E-state index contributed by atoms with van der Waals surface area (Å²) in [6.45, 7) is 1.59. The highest BCUT2D eigenvalue weighted by Crippen LogP contribution is 2.30. The van der Waals surface area contributed by atoms with Gasteiger partial charge in [-0.15, -0.1) is 0 Å². The second-order valence-electron chi connectivity index (χ2n) is 7.82. The highest BCUT2D eigenvalue weighted by Gasteiger charge is 2.30. The van der Waals surface area contributed by atoms with Gasteiger partial charge in [-0.05, 0) is 73.7 Å². The Labute approximate surface area is 204 Å². The maximum atomic E-state index is 13.1. The zero-order chi connectivity index (χ0) is 25.9. The summed E-state index contributed by atoms with van der Waals surface area (Å²) in [6.07, 6.45) is -3.20. The number of anilines is 2. The van der Waals surface area contributed by atoms with Crippen molar-refractivity contribution < 1.29 is 27.5 Å². The minimum Gasteiger partial charge on any atom is -0.497 e. The van der Waals surface area contributed by atoms with Crippen LogP contribution in [0.25, 0.3) is 5.69 Å². The van der Waals surface area contributed by atoms with E-state index < -0.39 is 17.6 Å². The number of hydrogen-bond donors (Lipinski definition) is 2. The Bertz CT molecular complexity index is 1400. The van der Waals surface area contributed by atoms with E-state index in [1.807, 2.05) is 0 Å². The SMILES string of the molecule is COc1ccc(NC(=O)c2ccc(NC(=O)c3cnn(-c4cccc(C(F)(F)F)c4)c3C)cc2)cc1. The standard InChI is InChI=1S/C26H21F3N4O3/c1-16-23(15-30-33(16)21-5-3-4-18(14-21)26(27,28)29)25(35)32-19-8-6-17(7-9-19)24(34)31-20-10-12-22(36-2)13-11-20/h3-15H,1-2H3,(H,31,34)(H,32,35). The number of carbonyl (C=O) groups is 2. The van der Waals surface area contributed by atoms with Crippen LogP contribution < -0.4 is 15.4 Å². The highest BCUT2D eigenvalue weighted by molar-refractivity contribution is 6.06. The van der Waals surface area contributed by atoms with E-state index in [2.05, 4.69) is 15.7 Å². The van der Waals surface area contributed by atoms with Gasteiger partial charge in [0.1, 0.15) is 5.75 Å². The monoisotopic (exact) mass is 494 g/mol. The molecule has 3 aromatic carbocycles. The number of halogens is 3. The predicted molar refractivity (Wildman–Crippen MR) is 129 cm³/mol. The highest BCUT2D eigenvalue weighted by atomic mass is 19.4. The lowest BCUT2D eigenvalue weighted by molar-refractivity contribution is -0.137. The smallest absolute Gasteiger partial charge is 0.416 e. The van der Waals surface area contributed by atoms with Gasteiger partial charge < -0.3 is 15.4 Å². The first-order valence-corrected chi connectivity index (χ1v) is 10.7. The van der Waals surface area contributed by atoms with E-state index in [-0.39, 0.29) is 17.2 Å². The summed E-state index contributed by atoms with van der Waals surface area (Å²) in [5.41, 5.74) is 1.39. The van der Waals surface area contributed by atoms with Crippen molar-refractivity contribution in [2.75, 3.05) is 17.7 Å². The van der Waals surface area contributed by atoms with Crippen molar-refractivity contribution in [1.82, 2.24) is 9.78 Å². The topological polar surface area (TPSA) is 85.2 Å². The number of hydrogen-bond acceptors (Lipinski definition) is 4. The van der Waals surface area contributed by atoms with E-state index in [9.17, 15) is 22.8 Å². The van der Waals surface area contributed by atoms with Crippen LogP contribution in [0.2, 0.25) is 0 Å². The Morgan fingerprint density at radius 1 is 0.889 bits per heavy atom. The first kappa shape index (κ1) is 24.5. The molecule has 0 radical (unpaired) electrons. The molecule has 36 heavy (non-hydrogen) atoms. The molecule has 1 aromatic heterocycles. The number of nitrogens with one attached hydrogen (secondary N) is 2. The molecule has 1 heterocycles. The first-order chi connectivity index (χ1) is 17.2. The molecule has 0 saturated heterocycles. The molecule has 0 spiro atoms. The molecule has 0 aliphatic carbocycles. The normalized spacial score (nSPS) is 11.1. The van der Waals surface area contributed by atoms with Gasteiger partial charge in [0.25, 0.3) is 11.8 Å². The predicted octanol–water partition coefficient (Wildman–Crippen LogP) is 5.71. The van der Waals surface area contributed by atoms with Crippen LogP contribution in [0.15, 0.2) is 79.0 Å². The van der Waals surface area contributed by atoms with Crippen molar-refractivity contribution in [2.24, 2.45) is 0 Å². The minimum atomic E-state index is -4.49. The molecule has 4 rings (SSSR count). The Kier molecular flexibility index (Phi) is 6.77. The van der Waals surface area contributed by atoms with Crippen LogP contribution in [-0.4, -0.2) is 28.7 Å². The number of ether oxygens (including phenoxy) is 1. The van der Waals surface area contributed by atoms with Crippen molar-refractivity contribution >= 4 is 23.2 Å². The van der Waals surface area contributed by atoms with E-state index in [1.165, 1.54) is 23.0 Å². The number of alkyl halides is 3. The van der Waals surface area contributed by atoms with Gasteiger partial charge >= 0.3 is 6.18 Å². The molecule has 2 amide bonds. The van der Waals surface area contributed by atoms with Crippen LogP contribution in [0.5, 0.6) is 5.75 Å². The van der Waals surface area contributed by atoms with Gasteiger partial charge in [-0.25, -0.2) is 4.68 Å². The molecule has 0 fully saturated rings. The molecule has 0 aliphatic rings. The third-order valence-electron chi connectivity index (χ3n) is 5.43. The second kappa shape index (κ2) is 9.95. The van der Waals surface area contributed by atoms with Gasteiger partial charge in [0.15, 0.2) is 0 Å². The average molecular weight is 494 g/mol. The Morgan fingerprint density at radius 3 is 2.11 bits per heavy atom. The molecule has 0 saturated carbocycles. The maximum Gasteiger partial charge on any atom is 0.416 e. The second-order valence-corrected chi connectivity index (χ2v) is 7.82. The minimum absolute atomic E-state index is 0.189. The first-order valence-electron chi connectivity index (χ1n) is 10.7. The van der Waals surface area contributed by atoms with Crippen LogP contribution in [0.3, 0.4) is 0 Å². The van der Waals surface area contributed by atoms with E-state index in [0.29, 0.717) is 28.4 Å². The zero-order valence-corrected chi connectivity index (χ0v) is 19.3. The van der Waals surface area contributed by atoms with Crippen molar-refractivity contribution in [1.29, 1.82) is 0 Å². The summed E-state index contributed by atoms with van der Waals surface area (Å²) in [5.74, 6) is -0.138.